The Balaban J connectivity index is 1.60. The largest absolute Gasteiger partial charge is 0.349 e. The molecule has 2 aromatic heterocycles. The van der Waals surface area contributed by atoms with Crippen LogP contribution in [0.5, 0.6) is 0 Å². The van der Waals surface area contributed by atoms with Crippen molar-refractivity contribution in [3.8, 4) is 0 Å². The van der Waals surface area contributed by atoms with Crippen LogP contribution in [0.3, 0.4) is 0 Å². The summed E-state index contributed by atoms with van der Waals surface area (Å²) in [5.74, 6) is 0.133. The van der Waals surface area contributed by atoms with Gasteiger partial charge in [-0.15, -0.1) is 0 Å². The number of amides is 1. The molecule has 0 unspecified atom stereocenters. The van der Waals surface area contributed by atoms with Crippen molar-refractivity contribution < 1.29 is 4.79 Å². The lowest BCUT2D eigenvalue weighted by atomic mass is 10.3. The highest BCUT2D eigenvalue weighted by Crippen LogP contribution is 2.15. The van der Waals surface area contributed by atoms with E-state index in [2.05, 4.69) is 25.6 Å². The van der Waals surface area contributed by atoms with Crippen LogP contribution in [0.2, 0.25) is 5.02 Å². The lowest BCUT2D eigenvalue weighted by molar-refractivity contribution is 0.102. The molecule has 0 aliphatic carbocycles. The molecule has 0 aliphatic heterocycles. The predicted molar refractivity (Wildman–Crippen MR) is 93.0 cm³/mol. The van der Waals surface area contributed by atoms with Crippen molar-refractivity contribution in [3.05, 3.63) is 77.3 Å². The first-order valence-corrected chi connectivity index (χ1v) is 7.61. The molecule has 24 heavy (non-hydrogen) atoms. The average molecular weight is 340 g/mol. The summed E-state index contributed by atoms with van der Waals surface area (Å²) in [5.41, 5.74) is 1.85. The van der Waals surface area contributed by atoms with E-state index in [1.165, 1.54) is 12.4 Å². The minimum Gasteiger partial charge on any atom is -0.349 e. The Morgan fingerprint density at radius 2 is 1.88 bits per heavy atom. The number of carbonyl (C=O) groups is 1. The maximum Gasteiger partial charge on any atom is 0.258 e. The Kier molecular flexibility index (Phi) is 4.98. The molecule has 6 nitrogen and oxygen atoms in total. The first-order valence-electron chi connectivity index (χ1n) is 7.23. The number of hydrogen-bond acceptors (Lipinski definition) is 5. The standard InChI is InChI=1S/C17H14ClN5O/c18-13-4-3-6-14(8-13)23-16(24)12-9-20-17(21-10-12)22-11-15-5-1-2-7-19-15/h1-10H,11H2,(H,23,24)(H,20,21,22). The van der Waals surface area contributed by atoms with Crippen molar-refractivity contribution in [3.63, 3.8) is 0 Å². The van der Waals surface area contributed by atoms with Crippen molar-refractivity contribution in [2.45, 2.75) is 6.54 Å². The van der Waals surface area contributed by atoms with E-state index in [0.29, 0.717) is 28.8 Å². The van der Waals surface area contributed by atoms with Gasteiger partial charge in [0.05, 0.1) is 17.8 Å². The summed E-state index contributed by atoms with van der Waals surface area (Å²) < 4.78 is 0. The molecule has 0 fully saturated rings. The monoisotopic (exact) mass is 339 g/mol. The first-order chi connectivity index (χ1) is 11.7. The Morgan fingerprint density at radius 1 is 1.04 bits per heavy atom. The summed E-state index contributed by atoms with van der Waals surface area (Å²) in [6, 6.07) is 12.6. The van der Waals surface area contributed by atoms with Gasteiger partial charge in [-0.25, -0.2) is 9.97 Å². The third-order valence-electron chi connectivity index (χ3n) is 3.15. The molecule has 7 heteroatoms. The van der Waals surface area contributed by atoms with E-state index in [-0.39, 0.29) is 5.91 Å². The second-order valence-corrected chi connectivity index (χ2v) is 5.37. The van der Waals surface area contributed by atoms with Gasteiger partial charge >= 0.3 is 0 Å². The molecular formula is C17H14ClN5O. The molecule has 1 aromatic carbocycles. The van der Waals surface area contributed by atoms with Crippen molar-refractivity contribution in [2.75, 3.05) is 10.6 Å². The minimum absolute atomic E-state index is 0.298. The summed E-state index contributed by atoms with van der Waals surface area (Å²) in [6.45, 7) is 0.509. The number of carbonyl (C=O) groups excluding carboxylic acids is 1. The SMILES string of the molecule is O=C(Nc1cccc(Cl)c1)c1cnc(NCc2ccccn2)nc1. The maximum atomic E-state index is 12.2. The van der Waals surface area contributed by atoms with Crippen LogP contribution in [-0.2, 0) is 6.54 Å². The number of benzene rings is 1. The second kappa shape index (κ2) is 7.52. The topological polar surface area (TPSA) is 79.8 Å². The molecule has 3 rings (SSSR count). The van der Waals surface area contributed by atoms with Crippen LogP contribution in [-0.4, -0.2) is 20.9 Å². The van der Waals surface area contributed by atoms with Crippen molar-refractivity contribution >= 4 is 29.1 Å². The molecular weight excluding hydrogens is 326 g/mol. The van der Waals surface area contributed by atoms with Crippen LogP contribution in [0.25, 0.3) is 0 Å². The van der Waals surface area contributed by atoms with E-state index in [1.54, 1.807) is 30.5 Å². The molecule has 0 bridgehead atoms. The van der Waals surface area contributed by atoms with E-state index in [0.717, 1.165) is 5.69 Å². The zero-order valence-electron chi connectivity index (χ0n) is 12.6. The molecule has 120 valence electrons. The predicted octanol–water partition coefficient (Wildman–Crippen LogP) is 3.39. The van der Waals surface area contributed by atoms with Crippen molar-refractivity contribution in [1.29, 1.82) is 0 Å². The van der Waals surface area contributed by atoms with Gasteiger partial charge in [-0.1, -0.05) is 23.7 Å². The summed E-state index contributed by atoms with van der Waals surface area (Å²) in [5, 5.41) is 6.35. The Hall–Kier alpha value is -2.99. The number of anilines is 2. The highest BCUT2D eigenvalue weighted by molar-refractivity contribution is 6.30. The third kappa shape index (κ3) is 4.27. The number of halogens is 1. The van der Waals surface area contributed by atoms with E-state index < -0.39 is 0 Å². The number of rotatable bonds is 5. The number of hydrogen-bond donors (Lipinski definition) is 2. The Labute approximate surface area is 143 Å². The van der Waals surface area contributed by atoms with Crippen LogP contribution in [0.1, 0.15) is 16.1 Å². The zero-order chi connectivity index (χ0) is 16.8. The fourth-order valence-electron chi connectivity index (χ4n) is 1.98. The quantitative estimate of drug-likeness (QED) is 0.744. The zero-order valence-corrected chi connectivity index (χ0v) is 13.4. The molecule has 0 radical (unpaired) electrons. The Morgan fingerprint density at radius 3 is 2.58 bits per heavy atom. The van der Waals surface area contributed by atoms with E-state index in [1.807, 2.05) is 18.2 Å². The van der Waals surface area contributed by atoms with Crippen molar-refractivity contribution in [1.82, 2.24) is 15.0 Å². The molecule has 0 spiro atoms. The van der Waals surface area contributed by atoms with Gasteiger partial charge in [0.2, 0.25) is 5.95 Å². The molecule has 0 aliphatic rings. The summed E-state index contributed by atoms with van der Waals surface area (Å²) >= 11 is 5.89. The minimum atomic E-state index is -0.298. The molecule has 0 atom stereocenters. The lowest BCUT2D eigenvalue weighted by Gasteiger charge is -2.07. The number of nitrogens with one attached hydrogen (secondary N) is 2. The van der Waals surface area contributed by atoms with Crippen LogP contribution in [0.4, 0.5) is 11.6 Å². The van der Waals surface area contributed by atoms with Gasteiger partial charge in [-0.3, -0.25) is 9.78 Å². The third-order valence-corrected chi connectivity index (χ3v) is 3.39. The molecule has 3 aromatic rings. The normalized spacial score (nSPS) is 10.2. The number of nitrogens with zero attached hydrogens (tertiary/aromatic N) is 3. The van der Waals surface area contributed by atoms with Crippen LogP contribution in [0, 0.1) is 0 Å². The van der Waals surface area contributed by atoms with Gasteiger partial charge in [-0.05, 0) is 30.3 Å². The van der Waals surface area contributed by atoms with Crippen LogP contribution >= 0.6 is 11.6 Å². The van der Waals surface area contributed by atoms with Gasteiger partial charge in [0.25, 0.3) is 5.91 Å². The molecule has 2 N–H and O–H groups in total. The summed E-state index contributed by atoms with van der Waals surface area (Å²) in [7, 11) is 0. The van der Waals surface area contributed by atoms with E-state index in [9.17, 15) is 4.79 Å². The smallest absolute Gasteiger partial charge is 0.258 e. The highest BCUT2D eigenvalue weighted by Gasteiger charge is 2.08. The first kappa shape index (κ1) is 15.9. The average Bonchev–Trinajstić information content (AvgIpc) is 2.61. The van der Waals surface area contributed by atoms with E-state index >= 15 is 0 Å². The fourth-order valence-corrected chi connectivity index (χ4v) is 2.17. The van der Waals surface area contributed by atoms with Crippen LogP contribution < -0.4 is 10.6 Å². The van der Waals surface area contributed by atoms with Gasteiger partial charge in [0, 0.05) is 29.3 Å². The molecule has 2 heterocycles. The second-order valence-electron chi connectivity index (χ2n) is 4.93. The molecule has 1 amide bonds. The summed E-state index contributed by atoms with van der Waals surface area (Å²) in [4.78, 5) is 24.6. The number of pyridine rings is 1. The molecule has 0 saturated carbocycles. The van der Waals surface area contributed by atoms with Crippen LogP contribution in [0.15, 0.2) is 61.1 Å². The molecule has 0 saturated heterocycles. The highest BCUT2D eigenvalue weighted by atomic mass is 35.5. The lowest BCUT2D eigenvalue weighted by Crippen LogP contribution is -2.13. The maximum absolute atomic E-state index is 12.2. The summed E-state index contributed by atoms with van der Waals surface area (Å²) in [6.07, 6.45) is 4.66. The number of aromatic nitrogens is 3. The fraction of sp³-hybridized carbons (Fsp3) is 0.0588. The van der Waals surface area contributed by atoms with Crippen molar-refractivity contribution in [2.24, 2.45) is 0 Å². The Bertz CT molecular complexity index is 824. The van der Waals surface area contributed by atoms with Gasteiger partial charge in [-0.2, -0.15) is 0 Å². The van der Waals surface area contributed by atoms with Gasteiger partial charge < -0.3 is 10.6 Å². The van der Waals surface area contributed by atoms with Gasteiger partial charge in [0.1, 0.15) is 0 Å². The van der Waals surface area contributed by atoms with Gasteiger partial charge in [0.15, 0.2) is 0 Å². The van der Waals surface area contributed by atoms with E-state index in [4.69, 9.17) is 11.6 Å².